The quantitative estimate of drug-likeness (QED) is 0.852. The maximum absolute atomic E-state index is 13.3. The van der Waals surface area contributed by atoms with E-state index in [1.54, 1.807) is 0 Å². The van der Waals surface area contributed by atoms with Gasteiger partial charge >= 0.3 is 12.3 Å². The molecule has 1 rings (SSSR count). The molecule has 0 aromatic heterocycles. The maximum Gasteiger partial charge on any atom is 0.573 e. The molecule has 0 aliphatic rings. The van der Waals surface area contributed by atoms with Crippen molar-refractivity contribution in [3.05, 3.63) is 29.6 Å². The molecule has 1 aromatic rings. The van der Waals surface area contributed by atoms with Crippen molar-refractivity contribution in [3.8, 4) is 5.75 Å². The van der Waals surface area contributed by atoms with Crippen LogP contribution in [0.5, 0.6) is 5.75 Å². The first-order valence-corrected chi connectivity index (χ1v) is 4.96. The van der Waals surface area contributed by atoms with Crippen LogP contribution in [-0.4, -0.2) is 17.4 Å². The van der Waals surface area contributed by atoms with Crippen molar-refractivity contribution in [2.75, 3.05) is 0 Å². The molecule has 3 nitrogen and oxygen atoms in total. The highest BCUT2D eigenvalue weighted by atomic mass is 19.4. The van der Waals surface area contributed by atoms with E-state index in [9.17, 15) is 22.4 Å². The number of aliphatic carboxylic acids is 1. The van der Waals surface area contributed by atoms with Gasteiger partial charge in [-0.3, -0.25) is 4.79 Å². The van der Waals surface area contributed by atoms with Crippen molar-refractivity contribution in [1.29, 1.82) is 0 Å². The van der Waals surface area contributed by atoms with Gasteiger partial charge in [0.15, 0.2) is 11.6 Å². The van der Waals surface area contributed by atoms with Crippen molar-refractivity contribution in [2.24, 2.45) is 5.92 Å². The summed E-state index contributed by atoms with van der Waals surface area (Å²) in [6, 6.07) is 2.86. The molecule has 1 atom stereocenters. The Morgan fingerprint density at radius 2 is 2.06 bits per heavy atom. The van der Waals surface area contributed by atoms with Gasteiger partial charge in [0.1, 0.15) is 0 Å². The number of carboxylic acids is 1. The van der Waals surface area contributed by atoms with E-state index in [1.807, 2.05) is 0 Å². The molecule has 1 unspecified atom stereocenters. The minimum Gasteiger partial charge on any atom is -0.481 e. The van der Waals surface area contributed by atoms with Crippen molar-refractivity contribution < 1.29 is 32.2 Å². The molecule has 7 heteroatoms. The number of hydrogen-bond acceptors (Lipinski definition) is 2. The Morgan fingerprint density at radius 1 is 1.44 bits per heavy atom. The predicted octanol–water partition coefficient (Wildman–Crippen LogP) is 2.99. The summed E-state index contributed by atoms with van der Waals surface area (Å²) in [6.45, 7) is 1.42. The topological polar surface area (TPSA) is 46.5 Å². The van der Waals surface area contributed by atoms with Gasteiger partial charge in [0, 0.05) is 0 Å². The molecule has 0 heterocycles. The average Bonchev–Trinajstić information content (AvgIpc) is 2.20. The van der Waals surface area contributed by atoms with E-state index in [0.29, 0.717) is 0 Å². The molecule has 0 radical (unpaired) electrons. The smallest absolute Gasteiger partial charge is 0.481 e. The monoisotopic (exact) mass is 266 g/mol. The van der Waals surface area contributed by atoms with Crippen molar-refractivity contribution >= 4 is 5.97 Å². The van der Waals surface area contributed by atoms with Crippen LogP contribution in [0.15, 0.2) is 18.2 Å². The summed E-state index contributed by atoms with van der Waals surface area (Å²) in [6.07, 6.45) is -4.94. The third-order valence-corrected chi connectivity index (χ3v) is 2.19. The minimum atomic E-state index is -4.96. The zero-order valence-electron chi connectivity index (χ0n) is 9.29. The summed E-state index contributed by atoms with van der Waals surface area (Å²) in [5.74, 6) is -3.93. The molecule has 100 valence electrons. The normalized spacial score (nSPS) is 13.2. The lowest BCUT2D eigenvalue weighted by molar-refractivity contribution is -0.275. The Balaban J connectivity index is 2.83. The highest BCUT2D eigenvalue weighted by Gasteiger charge is 2.32. The van der Waals surface area contributed by atoms with E-state index < -0.39 is 29.8 Å². The minimum absolute atomic E-state index is 0.0263. The maximum atomic E-state index is 13.3. The third-order valence-electron chi connectivity index (χ3n) is 2.19. The van der Waals surface area contributed by atoms with Gasteiger partial charge in [0.25, 0.3) is 0 Å². The lowest BCUT2D eigenvalue weighted by Crippen LogP contribution is -2.18. The molecule has 0 bridgehead atoms. The second-order valence-electron chi connectivity index (χ2n) is 3.76. The molecule has 0 fully saturated rings. The molecular formula is C11H10F4O3. The molecule has 0 aliphatic carbocycles. The Morgan fingerprint density at radius 3 is 2.50 bits per heavy atom. The van der Waals surface area contributed by atoms with E-state index in [0.717, 1.165) is 12.1 Å². The number of carboxylic acid groups (broad SMARTS) is 1. The van der Waals surface area contributed by atoms with Crippen LogP contribution in [0.25, 0.3) is 0 Å². The largest absolute Gasteiger partial charge is 0.573 e. The standard InChI is InChI=1S/C11H10F4O3/c1-6(10(16)17)4-7-2-3-9(8(12)5-7)18-11(13,14)15/h2-3,5-6H,4H2,1H3,(H,16,17). The second kappa shape index (κ2) is 5.24. The molecule has 1 N–H and O–H groups in total. The van der Waals surface area contributed by atoms with Gasteiger partial charge in [-0.1, -0.05) is 13.0 Å². The Kier molecular flexibility index (Phi) is 4.15. The number of ether oxygens (including phenoxy) is 1. The van der Waals surface area contributed by atoms with Crippen LogP contribution in [0, 0.1) is 11.7 Å². The summed E-state index contributed by atoms with van der Waals surface area (Å²) in [5.41, 5.74) is 0.289. The van der Waals surface area contributed by atoms with Crippen LogP contribution >= 0.6 is 0 Å². The summed E-state index contributed by atoms with van der Waals surface area (Å²) >= 11 is 0. The predicted molar refractivity (Wildman–Crippen MR) is 53.6 cm³/mol. The highest BCUT2D eigenvalue weighted by molar-refractivity contribution is 5.69. The van der Waals surface area contributed by atoms with E-state index in [1.165, 1.54) is 13.0 Å². The van der Waals surface area contributed by atoms with Gasteiger partial charge in [-0.15, -0.1) is 13.2 Å². The fourth-order valence-electron chi connectivity index (χ4n) is 1.32. The van der Waals surface area contributed by atoms with Gasteiger partial charge in [-0.05, 0) is 24.1 Å². The Hall–Kier alpha value is -1.79. The van der Waals surface area contributed by atoms with E-state index in [-0.39, 0.29) is 12.0 Å². The van der Waals surface area contributed by atoms with Gasteiger partial charge in [-0.25, -0.2) is 4.39 Å². The molecular weight excluding hydrogens is 256 g/mol. The fourth-order valence-corrected chi connectivity index (χ4v) is 1.32. The molecule has 0 saturated carbocycles. The Bertz CT molecular complexity index is 442. The second-order valence-corrected chi connectivity index (χ2v) is 3.76. The van der Waals surface area contributed by atoms with Gasteiger partial charge in [0.05, 0.1) is 5.92 Å². The van der Waals surface area contributed by atoms with Crippen molar-refractivity contribution in [1.82, 2.24) is 0 Å². The summed E-state index contributed by atoms with van der Waals surface area (Å²) in [5, 5.41) is 8.65. The number of benzene rings is 1. The van der Waals surface area contributed by atoms with Crippen LogP contribution in [-0.2, 0) is 11.2 Å². The third kappa shape index (κ3) is 4.23. The number of halogens is 4. The molecule has 0 saturated heterocycles. The first-order valence-electron chi connectivity index (χ1n) is 4.96. The number of hydrogen-bond donors (Lipinski definition) is 1. The first kappa shape index (κ1) is 14.3. The number of alkyl halides is 3. The van der Waals surface area contributed by atoms with Crippen molar-refractivity contribution in [2.45, 2.75) is 19.7 Å². The molecule has 1 aromatic carbocycles. The van der Waals surface area contributed by atoms with Crippen LogP contribution in [0.4, 0.5) is 17.6 Å². The lowest BCUT2D eigenvalue weighted by Gasteiger charge is -2.11. The lowest BCUT2D eigenvalue weighted by atomic mass is 10.0. The van der Waals surface area contributed by atoms with Crippen LogP contribution in [0.3, 0.4) is 0 Å². The van der Waals surface area contributed by atoms with Crippen LogP contribution in [0.2, 0.25) is 0 Å². The summed E-state index contributed by atoms with van der Waals surface area (Å²) < 4.78 is 52.3. The van der Waals surface area contributed by atoms with Crippen LogP contribution < -0.4 is 4.74 Å². The van der Waals surface area contributed by atoms with Gasteiger partial charge in [0.2, 0.25) is 0 Å². The molecule has 0 aliphatic heterocycles. The fraction of sp³-hybridized carbons (Fsp3) is 0.364. The van der Waals surface area contributed by atoms with E-state index in [2.05, 4.69) is 4.74 Å². The molecule has 0 spiro atoms. The van der Waals surface area contributed by atoms with E-state index >= 15 is 0 Å². The molecule has 0 amide bonds. The summed E-state index contributed by atoms with van der Waals surface area (Å²) in [7, 11) is 0. The van der Waals surface area contributed by atoms with Crippen LogP contribution in [0.1, 0.15) is 12.5 Å². The highest BCUT2D eigenvalue weighted by Crippen LogP contribution is 2.26. The van der Waals surface area contributed by atoms with E-state index in [4.69, 9.17) is 5.11 Å². The molecule has 18 heavy (non-hydrogen) atoms. The zero-order valence-corrected chi connectivity index (χ0v) is 9.29. The van der Waals surface area contributed by atoms with Gasteiger partial charge < -0.3 is 9.84 Å². The Labute approximate surface area is 100.0 Å². The average molecular weight is 266 g/mol. The zero-order chi connectivity index (χ0) is 13.9. The SMILES string of the molecule is CC(Cc1ccc(OC(F)(F)F)c(F)c1)C(=O)O. The summed E-state index contributed by atoms with van der Waals surface area (Å²) in [4.78, 5) is 10.6. The number of carbonyl (C=O) groups is 1. The first-order chi connectivity index (χ1) is 8.19. The van der Waals surface area contributed by atoms with Crippen molar-refractivity contribution in [3.63, 3.8) is 0 Å². The van der Waals surface area contributed by atoms with Gasteiger partial charge in [-0.2, -0.15) is 0 Å². The number of rotatable bonds is 4.